The van der Waals surface area contributed by atoms with Crippen molar-refractivity contribution in [1.82, 2.24) is 9.80 Å². The first-order valence-corrected chi connectivity index (χ1v) is 18.5. The molecule has 0 amide bonds. The van der Waals surface area contributed by atoms with Gasteiger partial charge in [0.2, 0.25) is 0 Å². The van der Waals surface area contributed by atoms with E-state index in [1.807, 2.05) is 24.3 Å². The number of likely N-dealkylation sites (tertiary alicyclic amines) is 2. The molecule has 4 aliphatic heterocycles. The fourth-order valence-corrected chi connectivity index (χ4v) is 11.8. The van der Waals surface area contributed by atoms with E-state index < -0.39 is 47.2 Å². The van der Waals surface area contributed by atoms with Crippen LogP contribution in [0.2, 0.25) is 0 Å². The fourth-order valence-electron chi connectivity index (χ4n) is 11.8. The van der Waals surface area contributed by atoms with E-state index in [9.17, 15) is 19.8 Å². The summed E-state index contributed by atoms with van der Waals surface area (Å²) in [5.74, 6) is 0.498. The summed E-state index contributed by atoms with van der Waals surface area (Å²) in [4.78, 5) is 32.8. The van der Waals surface area contributed by atoms with Crippen LogP contribution in [0, 0.1) is 11.8 Å². The Hall–Kier alpha value is -4.48. The van der Waals surface area contributed by atoms with Crippen LogP contribution < -0.4 is 18.9 Å². The maximum Gasteiger partial charge on any atom is 0.344 e. The van der Waals surface area contributed by atoms with Crippen LogP contribution in [0.5, 0.6) is 23.0 Å². The van der Waals surface area contributed by atoms with Crippen molar-refractivity contribution in [1.29, 1.82) is 0 Å². The highest BCUT2D eigenvalue weighted by Crippen LogP contribution is 2.64. The number of nitrogens with zero attached hydrogens (tertiary/aromatic N) is 2. The molecule has 11 rings (SSSR count). The van der Waals surface area contributed by atoms with Crippen LogP contribution in [0.15, 0.2) is 72.8 Å². The number of carbonyl (C=O) groups is 2. The van der Waals surface area contributed by atoms with Crippen molar-refractivity contribution in [3.63, 3.8) is 0 Å². The second kappa shape index (κ2) is 10.6. The van der Waals surface area contributed by atoms with Crippen LogP contribution in [0.4, 0.5) is 0 Å². The summed E-state index contributed by atoms with van der Waals surface area (Å²) in [7, 11) is 4.32. The summed E-state index contributed by atoms with van der Waals surface area (Å²) in [6.07, 6.45) is 8.84. The molecule has 8 aliphatic rings. The molecule has 3 aromatic rings. The Labute approximate surface area is 301 Å². The molecule has 2 N–H and O–H groups in total. The number of aliphatic hydroxyl groups is 2. The lowest BCUT2D eigenvalue weighted by Crippen LogP contribution is -2.64. The molecule has 0 saturated carbocycles. The molecule has 52 heavy (non-hydrogen) atoms. The number of piperidine rings is 2. The smallest absolute Gasteiger partial charge is 0.344 e. The zero-order chi connectivity index (χ0) is 35.3. The molecule has 2 saturated heterocycles. The summed E-state index contributed by atoms with van der Waals surface area (Å²) >= 11 is 0. The largest absolute Gasteiger partial charge is 0.482 e. The summed E-state index contributed by atoms with van der Waals surface area (Å²) in [5.41, 5.74) is 3.72. The molecule has 4 bridgehead atoms. The maximum absolute atomic E-state index is 14.0. The number of hydrogen-bond donors (Lipinski definition) is 2. The molecule has 4 heterocycles. The Morgan fingerprint density at radius 2 is 1.12 bits per heavy atom. The number of likely N-dealkylation sites (N-methyl/N-ethyl adjacent to an activating group) is 2. The van der Waals surface area contributed by atoms with Crippen LogP contribution in [-0.2, 0) is 23.7 Å². The summed E-state index contributed by atoms with van der Waals surface area (Å²) in [6.45, 7) is 1.77. The standard InChI is InChI=1S/C42H40N2O8/c1-43-17-15-41-25-9-11-29(45)37(41)51-35-31(13-7-21(33(35)41)19-27(25)43)49-39(47)23-5-3-4-6-24(23)40(48)50-32-14-8-22-20-28-26-10-12-30(46)38-42(26,16-18-44(28)2)34(22)36(32)52-38/h3-14,25-30,37-38,45-46H,15-20H2,1-2H3/t25?,26?,27-,28-,29?,30?,37+,38+,41+,42+/m0/s1. The quantitative estimate of drug-likeness (QED) is 0.237. The van der Waals surface area contributed by atoms with Gasteiger partial charge >= 0.3 is 11.9 Å². The predicted molar refractivity (Wildman–Crippen MR) is 188 cm³/mol. The topological polar surface area (TPSA) is 118 Å². The van der Waals surface area contributed by atoms with E-state index in [2.05, 4.69) is 36.0 Å². The van der Waals surface area contributed by atoms with Crippen molar-refractivity contribution in [2.24, 2.45) is 11.8 Å². The average molecular weight is 701 g/mol. The molecule has 2 spiro atoms. The first-order valence-electron chi connectivity index (χ1n) is 18.5. The van der Waals surface area contributed by atoms with Gasteiger partial charge in [0.15, 0.2) is 23.0 Å². The molecule has 266 valence electrons. The molecule has 0 radical (unpaired) electrons. The molecule has 10 heteroatoms. The third-order valence-corrected chi connectivity index (χ3v) is 14.0. The Morgan fingerprint density at radius 1 is 0.673 bits per heavy atom. The molecule has 2 fully saturated rings. The Kier molecular flexibility index (Phi) is 6.31. The molecular formula is C42H40N2O8. The van der Waals surface area contributed by atoms with E-state index in [4.69, 9.17) is 18.9 Å². The highest BCUT2D eigenvalue weighted by Gasteiger charge is 2.66. The van der Waals surface area contributed by atoms with Gasteiger partial charge in [-0.2, -0.15) is 0 Å². The monoisotopic (exact) mass is 700 g/mol. The van der Waals surface area contributed by atoms with Gasteiger partial charge in [0.25, 0.3) is 0 Å². The molecular weight excluding hydrogens is 660 g/mol. The Morgan fingerprint density at radius 3 is 1.56 bits per heavy atom. The molecule has 10 nitrogen and oxygen atoms in total. The van der Waals surface area contributed by atoms with E-state index in [0.717, 1.165) is 61.0 Å². The maximum atomic E-state index is 14.0. The summed E-state index contributed by atoms with van der Waals surface area (Å²) in [6, 6.07) is 14.7. The van der Waals surface area contributed by atoms with Crippen molar-refractivity contribution in [2.45, 2.75) is 73.0 Å². The second-order valence-electron chi connectivity index (χ2n) is 16.1. The zero-order valence-corrected chi connectivity index (χ0v) is 29.0. The minimum absolute atomic E-state index is 0.0605. The third kappa shape index (κ3) is 3.78. The lowest BCUT2D eigenvalue weighted by molar-refractivity contribution is -0.0453. The van der Waals surface area contributed by atoms with E-state index in [1.54, 1.807) is 36.4 Å². The number of hydrogen-bond acceptors (Lipinski definition) is 10. The normalized spacial score (nSPS) is 36.7. The number of aliphatic hydroxyl groups excluding tert-OH is 2. The number of benzene rings is 3. The van der Waals surface area contributed by atoms with Gasteiger partial charge in [-0.3, -0.25) is 0 Å². The van der Waals surface area contributed by atoms with Gasteiger partial charge in [-0.25, -0.2) is 9.59 Å². The lowest BCUT2D eigenvalue weighted by atomic mass is 9.53. The van der Waals surface area contributed by atoms with Gasteiger partial charge in [-0.1, -0.05) is 48.6 Å². The van der Waals surface area contributed by atoms with E-state index in [1.165, 1.54) is 0 Å². The molecule has 3 aromatic carbocycles. The van der Waals surface area contributed by atoms with E-state index >= 15 is 0 Å². The van der Waals surface area contributed by atoms with Gasteiger partial charge in [-0.05, 0) is 88.3 Å². The summed E-state index contributed by atoms with van der Waals surface area (Å²) in [5, 5.41) is 22.3. The van der Waals surface area contributed by atoms with Crippen molar-refractivity contribution < 1.29 is 38.7 Å². The van der Waals surface area contributed by atoms with E-state index in [0.29, 0.717) is 23.6 Å². The van der Waals surface area contributed by atoms with Crippen molar-refractivity contribution in [3.8, 4) is 23.0 Å². The van der Waals surface area contributed by atoms with Gasteiger partial charge in [-0.15, -0.1) is 0 Å². The number of carbonyl (C=O) groups excluding carboxylic acids is 2. The van der Waals surface area contributed by atoms with Crippen LogP contribution in [0.3, 0.4) is 0 Å². The fraction of sp³-hybridized carbons (Fsp3) is 0.429. The minimum atomic E-state index is -0.777. The van der Waals surface area contributed by atoms with Gasteiger partial charge in [0.1, 0.15) is 24.4 Å². The summed E-state index contributed by atoms with van der Waals surface area (Å²) < 4.78 is 25.3. The van der Waals surface area contributed by atoms with Crippen molar-refractivity contribution >= 4 is 11.9 Å². The van der Waals surface area contributed by atoms with E-state index in [-0.39, 0.29) is 34.5 Å². The SMILES string of the molecule is CN1CC[C@@]23c4c5ccc(OC(=O)c6ccccc6C(=O)Oc6ccc7c8c6O[C@@H]6C(O)C=CC9[C@H](C7)N(C)CC[C@]896)c4O[C@@H]2C(O)C=CC3[C@@H]1C5. The molecule has 4 aliphatic carbocycles. The van der Waals surface area contributed by atoms with Crippen LogP contribution in [0.25, 0.3) is 0 Å². The average Bonchev–Trinajstić information content (AvgIpc) is 3.69. The third-order valence-electron chi connectivity index (χ3n) is 14.0. The second-order valence-corrected chi connectivity index (χ2v) is 16.1. The van der Waals surface area contributed by atoms with Gasteiger partial charge in [0.05, 0.1) is 11.1 Å². The highest BCUT2D eigenvalue weighted by molar-refractivity contribution is 6.04. The van der Waals surface area contributed by atoms with Crippen LogP contribution in [-0.4, -0.2) is 95.6 Å². The van der Waals surface area contributed by atoms with Crippen molar-refractivity contribution in [2.75, 3.05) is 27.2 Å². The van der Waals surface area contributed by atoms with Crippen LogP contribution in [0.1, 0.15) is 55.8 Å². The molecule has 10 atom stereocenters. The number of esters is 2. The highest BCUT2D eigenvalue weighted by atomic mass is 16.6. The predicted octanol–water partition coefficient (Wildman–Crippen LogP) is 3.74. The van der Waals surface area contributed by atoms with Gasteiger partial charge < -0.3 is 39.0 Å². The molecule has 4 unspecified atom stereocenters. The van der Waals surface area contributed by atoms with Crippen molar-refractivity contribution in [3.05, 3.63) is 106 Å². The first-order chi connectivity index (χ1) is 25.2. The minimum Gasteiger partial charge on any atom is -0.482 e. The number of rotatable bonds is 4. The Balaban J connectivity index is 0.914. The number of ether oxygens (including phenoxy) is 4. The lowest BCUT2D eigenvalue weighted by Gasteiger charge is -2.56. The van der Waals surface area contributed by atoms with Gasteiger partial charge in [0, 0.05) is 45.9 Å². The zero-order valence-electron chi connectivity index (χ0n) is 29.0. The Bertz CT molecular complexity index is 2010. The first kappa shape index (κ1) is 31.1. The van der Waals surface area contributed by atoms with Crippen LogP contribution >= 0.6 is 0 Å². The molecule has 0 aromatic heterocycles.